The number of hydrogen-bond donors (Lipinski definition) is 2. The molecule has 0 amide bonds. The monoisotopic (exact) mass is 227 g/mol. The Labute approximate surface area is 91.0 Å². The van der Waals surface area contributed by atoms with Crippen LogP contribution in [0.5, 0.6) is 0 Å². The van der Waals surface area contributed by atoms with Crippen LogP contribution in [0.1, 0.15) is 13.8 Å². The maximum atomic E-state index is 12.3. The fourth-order valence-corrected chi connectivity index (χ4v) is 3.79. The van der Waals surface area contributed by atoms with E-state index in [2.05, 4.69) is 5.32 Å². The second kappa shape index (κ2) is 4.93. The van der Waals surface area contributed by atoms with E-state index < -0.39 is 7.37 Å². The molecule has 0 fully saturated rings. The molecule has 0 saturated heterocycles. The lowest BCUT2D eigenvalue weighted by molar-refractivity contribution is 0.429. The van der Waals surface area contributed by atoms with E-state index in [4.69, 9.17) is 0 Å². The minimum Gasteiger partial charge on any atom is -0.340 e. The molecule has 0 heterocycles. The van der Waals surface area contributed by atoms with Crippen LogP contribution in [0.25, 0.3) is 0 Å². The number of benzene rings is 1. The van der Waals surface area contributed by atoms with Crippen molar-refractivity contribution in [3.8, 4) is 0 Å². The molecule has 0 radical (unpaired) electrons. The normalized spacial score (nSPS) is 17.4. The summed E-state index contributed by atoms with van der Waals surface area (Å²) >= 11 is 0. The van der Waals surface area contributed by atoms with Crippen molar-refractivity contribution in [1.82, 2.24) is 5.32 Å². The highest BCUT2D eigenvalue weighted by Gasteiger charge is 2.33. The third-order valence-corrected chi connectivity index (χ3v) is 5.08. The summed E-state index contributed by atoms with van der Waals surface area (Å²) in [7, 11) is -1.60. The van der Waals surface area contributed by atoms with Gasteiger partial charge >= 0.3 is 0 Å². The van der Waals surface area contributed by atoms with E-state index in [1.807, 2.05) is 19.9 Å². The van der Waals surface area contributed by atoms with E-state index >= 15 is 0 Å². The summed E-state index contributed by atoms with van der Waals surface area (Å²) < 4.78 is 12.3. The van der Waals surface area contributed by atoms with Gasteiger partial charge < -0.3 is 10.2 Å². The molecule has 0 saturated carbocycles. The Morgan fingerprint density at radius 2 is 1.80 bits per heavy atom. The molecule has 84 valence electrons. The number of hydrogen-bond acceptors (Lipinski definition) is 2. The van der Waals surface area contributed by atoms with Crippen LogP contribution in [-0.2, 0) is 4.57 Å². The van der Waals surface area contributed by atoms with Crippen LogP contribution in [0.2, 0.25) is 0 Å². The fourth-order valence-electron chi connectivity index (χ4n) is 1.71. The summed E-state index contributed by atoms with van der Waals surface area (Å²) in [5.41, 5.74) is 0. The first-order chi connectivity index (χ1) is 7.00. The molecule has 2 atom stereocenters. The highest BCUT2D eigenvalue weighted by Crippen LogP contribution is 2.46. The van der Waals surface area contributed by atoms with Gasteiger partial charge in [-0.05, 0) is 25.1 Å². The second-order valence-corrected chi connectivity index (χ2v) is 6.25. The van der Waals surface area contributed by atoms with Crippen molar-refractivity contribution in [2.45, 2.75) is 19.6 Å². The van der Waals surface area contributed by atoms with Crippen molar-refractivity contribution in [1.29, 1.82) is 0 Å². The van der Waals surface area contributed by atoms with E-state index in [1.165, 1.54) is 0 Å². The maximum Gasteiger partial charge on any atom is 0.246 e. The second-order valence-electron chi connectivity index (χ2n) is 3.94. The molecule has 0 bridgehead atoms. The van der Waals surface area contributed by atoms with Gasteiger partial charge in [-0.25, -0.2) is 0 Å². The first-order valence-electron chi connectivity index (χ1n) is 5.05. The molecule has 2 unspecified atom stereocenters. The molecule has 4 heteroatoms. The van der Waals surface area contributed by atoms with Crippen LogP contribution in [-0.4, -0.2) is 17.7 Å². The molecule has 2 N–H and O–H groups in total. The van der Waals surface area contributed by atoms with Crippen molar-refractivity contribution in [2.75, 3.05) is 7.05 Å². The summed E-state index contributed by atoms with van der Waals surface area (Å²) in [6, 6.07) is 8.81. The lowest BCUT2D eigenvalue weighted by atomic mass is 10.2. The van der Waals surface area contributed by atoms with Gasteiger partial charge in [-0.1, -0.05) is 32.0 Å². The standard InChI is InChI=1S/C11H18NO2P/c1-9(2)11(12-3)15(13,14)10-7-5-4-6-8-10/h4-9,11-12H,1-3H3,(H,13,14). The van der Waals surface area contributed by atoms with Crippen molar-refractivity contribution in [2.24, 2.45) is 5.92 Å². The molecule has 1 aromatic rings. The Kier molecular flexibility index (Phi) is 4.09. The molecule has 1 rings (SSSR count). The highest BCUT2D eigenvalue weighted by molar-refractivity contribution is 7.66. The zero-order valence-electron chi connectivity index (χ0n) is 9.34. The molecule has 0 aliphatic rings. The van der Waals surface area contributed by atoms with E-state index in [9.17, 15) is 9.46 Å². The third kappa shape index (κ3) is 2.69. The first-order valence-corrected chi connectivity index (χ1v) is 6.78. The van der Waals surface area contributed by atoms with E-state index in [1.54, 1.807) is 31.3 Å². The number of rotatable bonds is 4. The van der Waals surface area contributed by atoms with Crippen LogP contribution < -0.4 is 10.6 Å². The van der Waals surface area contributed by atoms with Crippen molar-refractivity contribution in [3.63, 3.8) is 0 Å². The molecule has 3 nitrogen and oxygen atoms in total. The fraction of sp³-hybridized carbons (Fsp3) is 0.455. The van der Waals surface area contributed by atoms with E-state index in [-0.39, 0.29) is 11.7 Å². The quantitative estimate of drug-likeness (QED) is 0.771. The summed E-state index contributed by atoms with van der Waals surface area (Å²) in [6.45, 7) is 3.87. The lowest BCUT2D eigenvalue weighted by Crippen LogP contribution is -2.33. The van der Waals surface area contributed by atoms with E-state index in [0.717, 1.165) is 0 Å². The maximum absolute atomic E-state index is 12.3. The Morgan fingerprint density at radius 1 is 1.27 bits per heavy atom. The Hall–Kier alpha value is -0.630. The SMILES string of the molecule is CNC(C(C)C)P(=O)(O)c1ccccc1. The lowest BCUT2D eigenvalue weighted by Gasteiger charge is -2.25. The van der Waals surface area contributed by atoms with Gasteiger partial charge in [0.1, 0.15) is 0 Å². The van der Waals surface area contributed by atoms with Crippen LogP contribution in [0.4, 0.5) is 0 Å². The van der Waals surface area contributed by atoms with E-state index in [0.29, 0.717) is 5.30 Å². The Balaban J connectivity index is 3.06. The first kappa shape index (κ1) is 12.4. The average Bonchev–Trinajstić information content (AvgIpc) is 2.19. The molecule has 0 aliphatic heterocycles. The predicted molar refractivity (Wildman–Crippen MR) is 63.6 cm³/mol. The highest BCUT2D eigenvalue weighted by atomic mass is 31.2. The van der Waals surface area contributed by atoms with Crippen LogP contribution in [0.15, 0.2) is 30.3 Å². The zero-order valence-corrected chi connectivity index (χ0v) is 10.2. The van der Waals surface area contributed by atoms with Gasteiger partial charge in [0, 0.05) is 5.30 Å². The Bertz CT molecular complexity index is 351. The van der Waals surface area contributed by atoms with Crippen LogP contribution >= 0.6 is 7.37 Å². The largest absolute Gasteiger partial charge is 0.340 e. The van der Waals surface area contributed by atoms with Gasteiger partial charge in [-0.15, -0.1) is 0 Å². The van der Waals surface area contributed by atoms with Crippen LogP contribution in [0.3, 0.4) is 0 Å². The van der Waals surface area contributed by atoms with Gasteiger partial charge in [0.2, 0.25) is 7.37 Å². The third-order valence-electron chi connectivity index (χ3n) is 2.43. The topological polar surface area (TPSA) is 49.3 Å². The van der Waals surface area contributed by atoms with Crippen molar-refractivity contribution >= 4 is 12.7 Å². The molecule has 0 aromatic heterocycles. The van der Waals surface area contributed by atoms with Crippen LogP contribution in [0, 0.1) is 5.92 Å². The van der Waals surface area contributed by atoms with Crippen molar-refractivity contribution in [3.05, 3.63) is 30.3 Å². The summed E-state index contributed by atoms with van der Waals surface area (Å²) in [5.74, 6) is -0.272. The molecule has 1 aromatic carbocycles. The Morgan fingerprint density at radius 3 is 2.20 bits per heavy atom. The molecular formula is C11H18NO2P. The molecule has 0 spiro atoms. The summed E-state index contributed by atoms with van der Waals surface area (Å²) in [6.07, 6.45) is 0. The number of nitrogens with one attached hydrogen (secondary N) is 1. The molecule has 0 aliphatic carbocycles. The molecule has 15 heavy (non-hydrogen) atoms. The minimum atomic E-state index is -3.32. The van der Waals surface area contributed by atoms with Gasteiger partial charge in [-0.2, -0.15) is 0 Å². The van der Waals surface area contributed by atoms with Gasteiger partial charge in [0.05, 0.1) is 5.78 Å². The smallest absolute Gasteiger partial charge is 0.246 e. The molecular weight excluding hydrogens is 209 g/mol. The van der Waals surface area contributed by atoms with Crippen molar-refractivity contribution < 1.29 is 9.46 Å². The average molecular weight is 227 g/mol. The minimum absolute atomic E-state index is 0.117. The summed E-state index contributed by atoms with van der Waals surface area (Å²) in [5, 5.41) is 3.44. The zero-order chi connectivity index (χ0) is 11.5. The van der Waals surface area contributed by atoms with Gasteiger partial charge in [0.25, 0.3) is 0 Å². The summed E-state index contributed by atoms with van der Waals surface area (Å²) in [4.78, 5) is 10.1. The van der Waals surface area contributed by atoms with Gasteiger partial charge in [-0.3, -0.25) is 4.57 Å². The predicted octanol–water partition coefficient (Wildman–Crippen LogP) is 1.78. The van der Waals surface area contributed by atoms with Gasteiger partial charge in [0.15, 0.2) is 0 Å².